The summed E-state index contributed by atoms with van der Waals surface area (Å²) in [6.07, 6.45) is 2.92. The van der Waals surface area contributed by atoms with Crippen LogP contribution in [0.3, 0.4) is 0 Å². The highest BCUT2D eigenvalue weighted by Crippen LogP contribution is 2.55. The number of amides is 5. The number of fused-ring (bicyclic) bond motifs is 1. The topological polar surface area (TPSA) is 170 Å². The Kier molecular flexibility index (Phi) is 10.7. The average Bonchev–Trinajstić information content (AvgIpc) is 3.41. The fourth-order valence-electron chi connectivity index (χ4n) is 9.86. The van der Waals surface area contributed by atoms with Gasteiger partial charge in [0.2, 0.25) is 11.8 Å². The monoisotopic (exact) mass is 820 g/mol. The predicted octanol–water partition coefficient (Wildman–Crippen LogP) is 5.50. The van der Waals surface area contributed by atoms with Crippen molar-refractivity contribution in [2.75, 3.05) is 31.1 Å². The van der Waals surface area contributed by atoms with E-state index in [1.54, 1.807) is 36.4 Å². The summed E-state index contributed by atoms with van der Waals surface area (Å²) >= 11 is 6.24. The zero-order valence-electron chi connectivity index (χ0n) is 33.7. The number of nitrogens with zero attached hydrogens (tertiary/aromatic N) is 3. The second kappa shape index (κ2) is 15.6. The minimum Gasteiger partial charge on any atom is -0.490 e. The lowest BCUT2D eigenvalue weighted by atomic mass is 9.49. The van der Waals surface area contributed by atoms with E-state index in [0.717, 1.165) is 56.0 Å². The number of hydrogen-bond donors (Lipinski definition) is 3. The van der Waals surface area contributed by atoms with Gasteiger partial charge in [-0.1, -0.05) is 39.3 Å². The summed E-state index contributed by atoms with van der Waals surface area (Å²) in [5.41, 5.74) is 1.89. The van der Waals surface area contributed by atoms with E-state index in [9.17, 15) is 29.2 Å². The summed E-state index contributed by atoms with van der Waals surface area (Å²) in [7, 11) is 0. The molecule has 0 bridgehead atoms. The molecule has 0 spiro atoms. The smallest absolute Gasteiger partial charge is 0.262 e. The van der Waals surface area contributed by atoms with Crippen LogP contribution in [0.1, 0.15) is 96.4 Å². The fourth-order valence-corrected chi connectivity index (χ4v) is 10.1. The number of hydrogen-bond acceptors (Lipinski definition) is 10. The van der Waals surface area contributed by atoms with Gasteiger partial charge in [-0.2, -0.15) is 5.26 Å². The van der Waals surface area contributed by atoms with Crippen molar-refractivity contribution in [3.63, 3.8) is 0 Å². The van der Waals surface area contributed by atoms with Gasteiger partial charge in [0.15, 0.2) is 0 Å². The van der Waals surface area contributed by atoms with Crippen molar-refractivity contribution in [1.82, 2.24) is 20.9 Å². The van der Waals surface area contributed by atoms with Crippen LogP contribution in [0.4, 0.5) is 5.69 Å². The number of nitrogens with one attached hydrogen (secondary N) is 3. The van der Waals surface area contributed by atoms with Crippen LogP contribution >= 0.6 is 11.6 Å². The molecule has 14 heteroatoms. The maximum atomic E-state index is 13.4. The quantitative estimate of drug-likeness (QED) is 0.148. The highest BCUT2D eigenvalue weighted by atomic mass is 35.5. The molecule has 4 fully saturated rings. The first kappa shape index (κ1) is 40.3. The Bertz CT molecular complexity index is 2230. The number of piperidine rings is 1. The second-order valence-corrected chi connectivity index (χ2v) is 18.3. The Hall–Kier alpha value is -5.45. The predicted molar refractivity (Wildman–Crippen MR) is 219 cm³/mol. The molecule has 1 atom stereocenters. The lowest BCUT2D eigenvalue weighted by molar-refractivity contribution is -0.164. The van der Waals surface area contributed by atoms with Crippen molar-refractivity contribution in [3.05, 3.63) is 87.9 Å². The number of benzene rings is 3. The van der Waals surface area contributed by atoms with Gasteiger partial charge in [-0.3, -0.25) is 34.2 Å². The molecular formula is C45H49ClN6O7. The zero-order valence-corrected chi connectivity index (χ0v) is 34.4. The van der Waals surface area contributed by atoms with Crippen LogP contribution in [0.2, 0.25) is 5.02 Å². The lowest BCUT2D eigenvalue weighted by Crippen LogP contribution is -2.74. The number of ether oxygens (including phenoxy) is 2. The molecule has 1 unspecified atom stereocenters. The third-order valence-electron chi connectivity index (χ3n) is 13.0. The molecule has 13 nitrogen and oxygen atoms in total. The van der Waals surface area contributed by atoms with E-state index in [4.69, 9.17) is 21.1 Å². The van der Waals surface area contributed by atoms with Crippen molar-refractivity contribution in [1.29, 1.82) is 5.26 Å². The first-order chi connectivity index (χ1) is 28.1. The molecule has 3 aliphatic heterocycles. The van der Waals surface area contributed by atoms with Gasteiger partial charge in [0.05, 0.1) is 27.8 Å². The summed E-state index contributed by atoms with van der Waals surface area (Å²) < 4.78 is 12.5. The fraction of sp³-hybridized carbons (Fsp3) is 0.467. The summed E-state index contributed by atoms with van der Waals surface area (Å²) in [4.78, 5) is 66.7. The Morgan fingerprint density at radius 2 is 1.58 bits per heavy atom. The largest absolute Gasteiger partial charge is 0.490 e. The van der Waals surface area contributed by atoms with Gasteiger partial charge in [0.1, 0.15) is 29.7 Å². The van der Waals surface area contributed by atoms with Gasteiger partial charge >= 0.3 is 0 Å². The van der Waals surface area contributed by atoms with Gasteiger partial charge in [-0.15, -0.1) is 0 Å². The molecule has 2 saturated heterocycles. The van der Waals surface area contributed by atoms with E-state index in [0.29, 0.717) is 39.5 Å². The van der Waals surface area contributed by atoms with Crippen LogP contribution in [-0.2, 0) is 9.59 Å². The normalized spacial score (nSPS) is 25.5. The molecule has 5 amide bonds. The minimum atomic E-state index is -0.993. The molecule has 0 aromatic heterocycles. The Balaban J connectivity index is 0.722. The lowest BCUT2D eigenvalue weighted by Gasteiger charge is -2.63. The van der Waals surface area contributed by atoms with Crippen molar-refractivity contribution in [2.45, 2.75) is 84.1 Å². The van der Waals surface area contributed by atoms with Crippen LogP contribution in [0.15, 0.2) is 60.7 Å². The Morgan fingerprint density at radius 3 is 2.25 bits per heavy atom. The van der Waals surface area contributed by atoms with Crippen LogP contribution < -0.4 is 30.3 Å². The molecule has 2 aliphatic carbocycles. The van der Waals surface area contributed by atoms with Gasteiger partial charge in [-0.05, 0) is 105 Å². The summed E-state index contributed by atoms with van der Waals surface area (Å²) in [5.74, 6) is 0.00307. The number of anilines is 1. The molecule has 59 heavy (non-hydrogen) atoms. The van der Waals surface area contributed by atoms with Crippen molar-refractivity contribution in [3.8, 4) is 17.6 Å². The minimum absolute atomic E-state index is 0.0290. The van der Waals surface area contributed by atoms with Gasteiger partial charge in [0.25, 0.3) is 17.7 Å². The average molecular weight is 821 g/mol. The number of imide groups is 2. The molecule has 0 radical (unpaired) electrons. The summed E-state index contributed by atoms with van der Waals surface area (Å²) in [6.45, 7) is 12.2. The van der Waals surface area contributed by atoms with E-state index in [-0.39, 0.29) is 59.0 Å². The van der Waals surface area contributed by atoms with Crippen molar-refractivity contribution < 1.29 is 33.4 Å². The van der Waals surface area contributed by atoms with E-state index in [1.807, 2.05) is 24.3 Å². The van der Waals surface area contributed by atoms with E-state index in [2.05, 4.69) is 54.6 Å². The maximum absolute atomic E-state index is 13.4. The number of rotatable bonds is 13. The third-order valence-corrected chi connectivity index (χ3v) is 13.3. The van der Waals surface area contributed by atoms with Crippen molar-refractivity contribution in [2.24, 2.45) is 22.7 Å². The molecule has 3 heterocycles. The number of carbonyl (C=O) groups is 5. The second-order valence-electron chi connectivity index (χ2n) is 17.8. The summed E-state index contributed by atoms with van der Waals surface area (Å²) in [5, 5.41) is 18.6. The van der Waals surface area contributed by atoms with Crippen LogP contribution in [0, 0.1) is 34.0 Å². The molecular weight excluding hydrogens is 772 g/mol. The summed E-state index contributed by atoms with van der Waals surface area (Å²) in [6, 6.07) is 18.7. The highest BCUT2D eigenvalue weighted by molar-refractivity contribution is 6.31. The number of nitriles is 1. The molecule has 3 aromatic rings. The van der Waals surface area contributed by atoms with E-state index >= 15 is 0 Å². The molecule has 5 aliphatic rings. The molecule has 8 rings (SSSR count). The third kappa shape index (κ3) is 7.64. The van der Waals surface area contributed by atoms with Crippen LogP contribution in [0.5, 0.6) is 11.5 Å². The van der Waals surface area contributed by atoms with Crippen LogP contribution in [0.25, 0.3) is 0 Å². The molecule has 3 aromatic carbocycles. The SMILES string of the molecule is CC1(C)C(NC(=O)c2ccc(N3CC(CCNCC4CC(Oc5ccc6c(c5)C(=O)N(C5CCC(=O)NC5=O)C6=O)C4)C3)cc2)C(C)(C)C1Oc1ccc(C#N)c(Cl)c1. The molecule has 2 saturated carbocycles. The first-order valence-corrected chi connectivity index (χ1v) is 20.8. The Labute approximate surface area is 348 Å². The number of halogens is 1. The van der Waals surface area contributed by atoms with Crippen LogP contribution in [-0.4, -0.2) is 84.9 Å². The highest BCUT2D eigenvalue weighted by Gasteiger charge is 2.64. The van der Waals surface area contributed by atoms with Gasteiger partial charge < -0.3 is 25.0 Å². The van der Waals surface area contributed by atoms with E-state index in [1.165, 1.54) is 0 Å². The van der Waals surface area contributed by atoms with Gasteiger partial charge in [-0.25, -0.2) is 0 Å². The maximum Gasteiger partial charge on any atom is 0.262 e. The van der Waals surface area contributed by atoms with E-state index < -0.39 is 29.7 Å². The van der Waals surface area contributed by atoms with Gasteiger partial charge in [0, 0.05) is 53.7 Å². The zero-order chi connectivity index (χ0) is 41.8. The Morgan fingerprint density at radius 1 is 0.898 bits per heavy atom. The molecule has 308 valence electrons. The molecule has 3 N–H and O–H groups in total. The number of carbonyl (C=O) groups excluding carboxylic acids is 5. The van der Waals surface area contributed by atoms with Crippen molar-refractivity contribution >= 4 is 46.8 Å². The standard InChI is InChI=1S/C45H49ClN6O7/c1-44(2)42(45(3,4)43(44)59-31-10-7-28(21-47)35(46)20-31)50-38(54)27-5-8-29(9-6-27)51-23-25(24-51)15-16-48-22-26-17-32(18-26)58-30-11-12-33-34(19-30)41(57)52(40(33)56)36-13-14-37(53)49-39(36)55/h5-12,19-20,25-26,32,36,42-43,48H,13-18,22-24H2,1-4H3,(H,50,54)(H,49,53,55). The first-order valence-electron chi connectivity index (χ1n) is 20.4.